The number of aryl methyl sites for hydroxylation is 1. The topological polar surface area (TPSA) is 69.9 Å². The second kappa shape index (κ2) is 8.92. The van der Waals surface area contributed by atoms with Crippen molar-refractivity contribution in [3.05, 3.63) is 84.1 Å². The van der Waals surface area contributed by atoms with Gasteiger partial charge >= 0.3 is 0 Å². The van der Waals surface area contributed by atoms with Crippen LogP contribution in [0.5, 0.6) is 5.75 Å². The minimum Gasteiger partial charge on any atom is -0.496 e. The fourth-order valence-corrected chi connectivity index (χ4v) is 3.87. The normalized spacial score (nSPS) is 10.7. The number of pyridine rings is 1. The van der Waals surface area contributed by atoms with Crippen LogP contribution in [0.25, 0.3) is 17.2 Å². The van der Waals surface area contributed by atoms with E-state index in [-0.39, 0.29) is 11.5 Å². The molecule has 0 saturated carbocycles. The maximum absolute atomic E-state index is 12.8. The van der Waals surface area contributed by atoms with E-state index in [4.69, 9.17) is 4.74 Å². The Morgan fingerprint density at radius 2 is 1.77 bits per heavy atom. The second-order valence-electron chi connectivity index (χ2n) is 6.60. The molecule has 4 aromatic rings. The Balaban J connectivity index is 1.67. The predicted molar refractivity (Wildman–Crippen MR) is 117 cm³/mol. The van der Waals surface area contributed by atoms with Crippen molar-refractivity contribution in [2.75, 3.05) is 12.9 Å². The molecule has 0 fully saturated rings. The summed E-state index contributed by atoms with van der Waals surface area (Å²) in [5.74, 6) is 1.38. The van der Waals surface area contributed by atoms with Crippen LogP contribution in [-0.2, 0) is 0 Å². The number of para-hydroxylation sites is 1. The summed E-state index contributed by atoms with van der Waals surface area (Å²) in [5, 5.41) is 9.34. The largest absolute Gasteiger partial charge is 0.496 e. The van der Waals surface area contributed by atoms with Crippen LogP contribution in [0.4, 0.5) is 0 Å². The lowest BCUT2D eigenvalue weighted by Crippen LogP contribution is -2.06. The lowest BCUT2D eigenvalue weighted by Gasteiger charge is -2.11. The molecule has 0 bridgehead atoms. The number of nitrogens with zero attached hydrogens (tertiary/aromatic N) is 4. The molecule has 0 aliphatic heterocycles. The van der Waals surface area contributed by atoms with Crippen LogP contribution in [0.3, 0.4) is 0 Å². The summed E-state index contributed by atoms with van der Waals surface area (Å²) in [4.78, 5) is 17.2. The Labute approximate surface area is 179 Å². The van der Waals surface area contributed by atoms with Gasteiger partial charge in [0.1, 0.15) is 11.4 Å². The van der Waals surface area contributed by atoms with E-state index in [9.17, 15) is 4.79 Å². The molecular weight excluding hydrogens is 396 g/mol. The molecule has 0 aliphatic rings. The van der Waals surface area contributed by atoms with Crippen molar-refractivity contribution >= 4 is 17.5 Å². The van der Waals surface area contributed by atoms with Gasteiger partial charge in [-0.15, -0.1) is 10.2 Å². The number of Topliss-reactive ketones (excluding diaryl/α,β-unsaturated/α-hetero) is 1. The Bertz CT molecular complexity index is 1160. The molecule has 0 saturated heterocycles. The third-order valence-corrected chi connectivity index (χ3v) is 5.49. The summed E-state index contributed by atoms with van der Waals surface area (Å²) < 4.78 is 7.25. The molecule has 2 aromatic carbocycles. The van der Waals surface area contributed by atoms with Gasteiger partial charge in [0.2, 0.25) is 0 Å². The third-order valence-electron chi connectivity index (χ3n) is 4.56. The Morgan fingerprint density at radius 3 is 2.50 bits per heavy atom. The van der Waals surface area contributed by atoms with Gasteiger partial charge in [-0.2, -0.15) is 0 Å². The van der Waals surface area contributed by atoms with Crippen molar-refractivity contribution in [2.45, 2.75) is 12.1 Å². The van der Waals surface area contributed by atoms with Gasteiger partial charge in [-0.3, -0.25) is 14.3 Å². The maximum atomic E-state index is 12.8. The molecule has 0 aliphatic carbocycles. The summed E-state index contributed by atoms with van der Waals surface area (Å²) in [5.41, 5.74) is 3.34. The van der Waals surface area contributed by atoms with Crippen LogP contribution >= 0.6 is 11.8 Å². The van der Waals surface area contributed by atoms with Gasteiger partial charge in [0, 0.05) is 11.9 Å². The smallest absolute Gasteiger partial charge is 0.196 e. The second-order valence-corrected chi connectivity index (χ2v) is 7.55. The van der Waals surface area contributed by atoms with Gasteiger partial charge in [-0.25, -0.2) is 0 Å². The highest BCUT2D eigenvalue weighted by molar-refractivity contribution is 7.99. The van der Waals surface area contributed by atoms with Gasteiger partial charge in [-0.1, -0.05) is 47.7 Å². The fraction of sp³-hybridized carbons (Fsp3) is 0.130. The van der Waals surface area contributed by atoms with Gasteiger partial charge in [0.15, 0.2) is 16.8 Å². The summed E-state index contributed by atoms with van der Waals surface area (Å²) in [6.45, 7) is 2.04. The molecule has 0 N–H and O–H groups in total. The monoisotopic (exact) mass is 416 g/mol. The van der Waals surface area contributed by atoms with Crippen LogP contribution in [-0.4, -0.2) is 38.4 Å². The van der Waals surface area contributed by atoms with E-state index in [1.165, 1.54) is 11.8 Å². The number of aromatic nitrogens is 4. The van der Waals surface area contributed by atoms with Crippen molar-refractivity contribution < 1.29 is 9.53 Å². The van der Waals surface area contributed by atoms with Gasteiger partial charge in [-0.05, 0) is 43.3 Å². The summed E-state index contributed by atoms with van der Waals surface area (Å²) in [6, 6.07) is 21.0. The SMILES string of the molecule is COc1ccccc1C(=O)CSc1nnc(-c2ccccn2)n1-c1ccc(C)cc1. The number of hydrogen-bond acceptors (Lipinski definition) is 6. The van der Waals surface area contributed by atoms with E-state index in [0.29, 0.717) is 28.0 Å². The molecule has 7 heteroatoms. The van der Waals surface area contributed by atoms with Crippen LogP contribution in [0.1, 0.15) is 15.9 Å². The van der Waals surface area contributed by atoms with Crippen molar-refractivity contribution in [2.24, 2.45) is 0 Å². The third kappa shape index (κ3) is 4.11. The van der Waals surface area contributed by atoms with Gasteiger partial charge < -0.3 is 4.74 Å². The first-order valence-corrected chi connectivity index (χ1v) is 10.4. The molecular formula is C23H20N4O2S. The number of benzene rings is 2. The Morgan fingerprint density at radius 1 is 1.00 bits per heavy atom. The van der Waals surface area contributed by atoms with E-state index in [1.807, 2.05) is 66.1 Å². The van der Waals surface area contributed by atoms with E-state index in [1.54, 1.807) is 25.4 Å². The summed E-state index contributed by atoms with van der Waals surface area (Å²) in [6.07, 6.45) is 1.72. The summed E-state index contributed by atoms with van der Waals surface area (Å²) >= 11 is 1.34. The van der Waals surface area contributed by atoms with Crippen molar-refractivity contribution in [1.29, 1.82) is 0 Å². The average molecular weight is 417 g/mol. The van der Waals surface area contributed by atoms with Gasteiger partial charge in [0.05, 0.1) is 18.4 Å². The molecule has 0 amide bonds. The molecule has 0 unspecified atom stereocenters. The summed E-state index contributed by atoms with van der Waals surface area (Å²) in [7, 11) is 1.56. The first-order valence-electron chi connectivity index (χ1n) is 9.40. The molecule has 6 nitrogen and oxygen atoms in total. The van der Waals surface area contributed by atoms with Crippen molar-refractivity contribution in [3.63, 3.8) is 0 Å². The zero-order valence-corrected chi connectivity index (χ0v) is 17.5. The molecule has 30 heavy (non-hydrogen) atoms. The van der Waals surface area contributed by atoms with E-state index in [0.717, 1.165) is 11.3 Å². The fourth-order valence-electron chi connectivity index (χ4n) is 3.03. The molecule has 0 spiro atoms. The quantitative estimate of drug-likeness (QED) is 0.323. The van der Waals surface area contributed by atoms with E-state index >= 15 is 0 Å². The van der Waals surface area contributed by atoms with Crippen molar-refractivity contribution in [1.82, 2.24) is 19.7 Å². The highest BCUT2D eigenvalue weighted by Gasteiger charge is 2.19. The van der Waals surface area contributed by atoms with Crippen molar-refractivity contribution in [3.8, 4) is 23.0 Å². The molecule has 150 valence electrons. The van der Waals surface area contributed by atoms with Crippen LogP contribution < -0.4 is 4.74 Å². The number of rotatable bonds is 7. The predicted octanol–water partition coefficient (Wildman–Crippen LogP) is 4.62. The lowest BCUT2D eigenvalue weighted by atomic mass is 10.1. The van der Waals surface area contributed by atoms with Gasteiger partial charge in [0.25, 0.3) is 0 Å². The first kappa shape index (κ1) is 19.8. The number of methoxy groups -OCH3 is 1. The van der Waals surface area contributed by atoms with E-state index < -0.39 is 0 Å². The zero-order valence-electron chi connectivity index (χ0n) is 16.6. The van der Waals surface area contributed by atoms with Crippen LogP contribution in [0.2, 0.25) is 0 Å². The highest BCUT2D eigenvalue weighted by atomic mass is 32.2. The minimum atomic E-state index is -0.0321. The van der Waals surface area contributed by atoms with Crippen LogP contribution in [0, 0.1) is 6.92 Å². The number of hydrogen-bond donors (Lipinski definition) is 0. The Kier molecular flexibility index (Phi) is 5.90. The molecule has 0 radical (unpaired) electrons. The number of carbonyl (C=O) groups excluding carboxylic acids is 1. The maximum Gasteiger partial charge on any atom is 0.196 e. The molecule has 2 heterocycles. The molecule has 2 aromatic heterocycles. The zero-order chi connectivity index (χ0) is 20.9. The number of ketones is 1. The standard InChI is InChI=1S/C23H20N4O2S/c1-16-10-12-17(13-11-16)27-22(19-8-5-6-14-24-19)25-26-23(27)30-15-20(28)18-7-3-4-9-21(18)29-2/h3-14H,15H2,1-2H3. The number of ether oxygens (including phenoxy) is 1. The number of thioether (sulfide) groups is 1. The van der Waals surface area contributed by atoms with Crippen LogP contribution in [0.15, 0.2) is 78.1 Å². The minimum absolute atomic E-state index is 0.0321. The number of carbonyl (C=O) groups is 1. The molecule has 0 atom stereocenters. The highest BCUT2D eigenvalue weighted by Crippen LogP contribution is 2.28. The van der Waals surface area contributed by atoms with E-state index in [2.05, 4.69) is 15.2 Å². The lowest BCUT2D eigenvalue weighted by molar-refractivity contribution is 0.101. The molecule has 4 rings (SSSR count). The Hall–Kier alpha value is -3.45. The first-order chi connectivity index (χ1) is 14.7. The average Bonchev–Trinajstić information content (AvgIpc) is 3.22.